The number of ether oxygens (including phenoxy) is 6. The van der Waals surface area contributed by atoms with Crippen LogP contribution in [0.2, 0.25) is 0 Å². The van der Waals surface area contributed by atoms with Gasteiger partial charge in [0, 0.05) is 13.8 Å². The van der Waals surface area contributed by atoms with Crippen molar-refractivity contribution < 1.29 is 38.0 Å². The third-order valence-electron chi connectivity index (χ3n) is 6.18. The Hall–Kier alpha value is -3.56. The van der Waals surface area contributed by atoms with Crippen LogP contribution in [0.4, 0.5) is 0 Å². The quantitative estimate of drug-likeness (QED) is 0.312. The predicted molar refractivity (Wildman–Crippen MR) is 142 cm³/mol. The van der Waals surface area contributed by atoms with E-state index >= 15 is 0 Å². The summed E-state index contributed by atoms with van der Waals surface area (Å²) in [6.45, 7) is 3.27. The molecule has 1 aliphatic heterocycles. The molecular weight excluding hydrogens is 500 g/mol. The lowest BCUT2D eigenvalue weighted by atomic mass is 9.97. The maximum atomic E-state index is 12.1. The zero-order valence-electron chi connectivity index (χ0n) is 22.1. The van der Waals surface area contributed by atoms with Gasteiger partial charge in [0.15, 0.2) is 0 Å². The lowest BCUT2D eigenvalue weighted by Crippen LogP contribution is -2.62. The fraction of sp³-hybridized carbons (Fsp3) is 0.355. The highest BCUT2D eigenvalue weighted by Gasteiger charge is 2.50. The smallest absolute Gasteiger partial charge is 0.305 e. The van der Waals surface area contributed by atoms with Gasteiger partial charge in [0.2, 0.25) is 6.29 Å². The molecule has 1 fully saturated rings. The molecule has 0 unspecified atom stereocenters. The number of hydrogen-bond acceptors (Lipinski definition) is 8. The van der Waals surface area contributed by atoms with Crippen LogP contribution in [-0.4, -0.2) is 49.3 Å². The molecule has 0 saturated carbocycles. The van der Waals surface area contributed by atoms with Crippen LogP contribution in [0.1, 0.15) is 30.5 Å². The summed E-state index contributed by atoms with van der Waals surface area (Å²) in [5.41, 5.74) is 2.84. The first-order valence-electron chi connectivity index (χ1n) is 12.9. The van der Waals surface area contributed by atoms with Crippen LogP contribution in [0.15, 0.2) is 91.0 Å². The summed E-state index contributed by atoms with van der Waals surface area (Å²) in [6, 6.07) is 29.1. The van der Waals surface area contributed by atoms with Crippen LogP contribution < -0.4 is 0 Å². The standard InChI is InChI=1S/C31H34O8/c1-22(32)34-21-27-28(35-18-24-12-6-3-7-13-24)29(36-19-25-14-8-4-9-15-25)30(31(39-27)38-23(2)33)37-20-26-16-10-5-11-17-26/h3-17,27-31H,18-21H2,1-2H3/t27-,28-,29+,30-,31+/m1/s1. The van der Waals surface area contributed by atoms with Crippen molar-refractivity contribution in [2.45, 2.75) is 64.4 Å². The molecule has 0 amide bonds. The highest BCUT2D eigenvalue weighted by atomic mass is 16.7. The van der Waals surface area contributed by atoms with Gasteiger partial charge in [0.1, 0.15) is 31.0 Å². The highest BCUT2D eigenvalue weighted by molar-refractivity contribution is 5.66. The van der Waals surface area contributed by atoms with E-state index in [4.69, 9.17) is 28.4 Å². The van der Waals surface area contributed by atoms with E-state index in [1.807, 2.05) is 91.0 Å². The molecule has 0 spiro atoms. The topological polar surface area (TPSA) is 89.5 Å². The Morgan fingerprint density at radius 3 is 1.49 bits per heavy atom. The molecule has 0 bridgehead atoms. The number of hydrogen-bond donors (Lipinski definition) is 0. The molecule has 5 atom stereocenters. The Balaban J connectivity index is 1.64. The molecule has 0 radical (unpaired) electrons. The van der Waals surface area contributed by atoms with Crippen molar-refractivity contribution in [2.24, 2.45) is 0 Å². The third-order valence-corrected chi connectivity index (χ3v) is 6.18. The van der Waals surface area contributed by atoms with E-state index in [1.165, 1.54) is 13.8 Å². The first-order valence-corrected chi connectivity index (χ1v) is 12.9. The van der Waals surface area contributed by atoms with E-state index < -0.39 is 42.6 Å². The fourth-order valence-corrected chi connectivity index (χ4v) is 4.34. The average Bonchev–Trinajstić information content (AvgIpc) is 2.95. The summed E-state index contributed by atoms with van der Waals surface area (Å²) in [7, 11) is 0. The molecule has 4 rings (SSSR count). The minimum Gasteiger partial charge on any atom is -0.463 e. The normalized spacial score (nSPS) is 22.7. The van der Waals surface area contributed by atoms with Gasteiger partial charge in [-0.05, 0) is 16.7 Å². The van der Waals surface area contributed by atoms with E-state index in [0.29, 0.717) is 0 Å². The van der Waals surface area contributed by atoms with Crippen molar-refractivity contribution in [1.29, 1.82) is 0 Å². The second-order valence-corrected chi connectivity index (χ2v) is 9.24. The summed E-state index contributed by atoms with van der Waals surface area (Å²) in [5, 5.41) is 0. The van der Waals surface area contributed by atoms with Crippen LogP contribution >= 0.6 is 0 Å². The molecule has 206 valence electrons. The molecule has 3 aromatic carbocycles. The van der Waals surface area contributed by atoms with Gasteiger partial charge in [-0.1, -0.05) is 91.0 Å². The summed E-state index contributed by atoms with van der Waals surface area (Å²) < 4.78 is 36.2. The van der Waals surface area contributed by atoms with E-state index in [2.05, 4.69) is 0 Å². The number of benzene rings is 3. The Morgan fingerprint density at radius 1 is 0.615 bits per heavy atom. The Labute approximate surface area is 228 Å². The Kier molecular flexibility index (Phi) is 10.6. The second-order valence-electron chi connectivity index (χ2n) is 9.24. The van der Waals surface area contributed by atoms with Gasteiger partial charge in [-0.2, -0.15) is 0 Å². The van der Waals surface area contributed by atoms with Crippen LogP contribution in [0.3, 0.4) is 0 Å². The molecular formula is C31H34O8. The Bertz CT molecular complexity index is 1150. The van der Waals surface area contributed by atoms with Crippen LogP contribution in [-0.2, 0) is 57.8 Å². The van der Waals surface area contributed by atoms with Crippen LogP contribution in [0, 0.1) is 0 Å². The summed E-state index contributed by atoms with van der Waals surface area (Å²) >= 11 is 0. The average molecular weight is 535 g/mol. The van der Waals surface area contributed by atoms with Crippen molar-refractivity contribution in [2.75, 3.05) is 6.61 Å². The Morgan fingerprint density at radius 2 is 1.05 bits per heavy atom. The van der Waals surface area contributed by atoms with Gasteiger partial charge in [0.25, 0.3) is 0 Å². The van der Waals surface area contributed by atoms with Gasteiger partial charge >= 0.3 is 11.9 Å². The van der Waals surface area contributed by atoms with E-state index in [0.717, 1.165) is 16.7 Å². The highest BCUT2D eigenvalue weighted by Crippen LogP contribution is 2.31. The number of esters is 2. The molecule has 8 nitrogen and oxygen atoms in total. The van der Waals surface area contributed by atoms with E-state index in [-0.39, 0.29) is 26.4 Å². The second kappa shape index (κ2) is 14.6. The van der Waals surface area contributed by atoms with Crippen molar-refractivity contribution in [1.82, 2.24) is 0 Å². The maximum Gasteiger partial charge on any atom is 0.305 e. The largest absolute Gasteiger partial charge is 0.463 e. The predicted octanol–water partition coefficient (Wildman–Crippen LogP) is 4.59. The summed E-state index contributed by atoms with van der Waals surface area (Å²) in [6.07, 6.45) is -4.15. The van der Waals surface area contributed by atoms with Crippen molar-refractivity contribution in [3.05, 3.63) is 108 Å². The minimum atomic E-state index is -1.11. The van der Waals surface area contributed by atoms with E-state index in [1.54, 1.807) is 0 Å². The number of carbonyl (C=O) groups excluding carboxylic acids is 2. The maximum absolute atomic E-state index is 12.1. The zero-order chi connectivity index (χ0) is 27.5. The monoisotopic (exact) mass is 534 g/mol. The number of carbonyl (C=O) groups is 2. The molecule has 0 aliphatic carbocycles. The third kappa shape index (κ3) is 8.73. The molecule has 0 N–H and O–H groups in total. The molecule has 3 aromatic rings. The molecule has 1 heterocycles. The minimum absolute atomic E-state index is 0.108. The van der Waals surface area contributed by atoms with E-state index in [9.17, 15) is 9.59 Å². The SMILES string of the molecule is CC(=O)OC[C@H]1O[C@H](OC(C)=O)[C@H](OCc2ccccc2)[C@@H](OCc2ccccc2)[C@@H]1OCc1ccccc1. The lowest BCUT2D eigenvalue weighted by Gasteiger charge is -2.45. The van der Waals surface area contributed by atoms with Crippen LogP contribution in [0.25, 0.3) is 0 Å². The first kappa shape index (κ1) is 28.4. The fourth-order valence-electron chi connectivity index (χ4n) is 4.34. The number of rotatable bonds is 12. The molecule has 39 heavy (non-hydrogen) atoms. The van der Waals surface area contributed by atoms with Crippen LogP contribution in [0.5, 0.6) is 0 Å². The summed E-state index contributed by atoms with van der Waals surface area (Å²) in [4.78, 5) is 23.8. The molecule has 0 aromatic heterocycles. The van der Waals surface area contributed by atoms with Crippen molar-refractivity contribution in [3.8, 4) is 0 Å². The van der Waals surface area contributed by atoms with Crippen molar-refractivity contribution >= 4 is 11.9 Å². The zero-order valence-corrected chi connectivity index (χ0v) is 22.1. The molecule has 8 heteroatoms. The van der Waals surface area contributed by atoms with Gasteiger partial charge in [-0.3, -0.25) is 9.59 Å². The molecule has 1 saturated heterocycles. The van der Waals surface area contributed by atoms with Gasteiger partial charge in [-0.15, -0.1) is 0 Å². The molecule has 1 aliphatic rings. The first-order chi connectivity index (χ1) is 19.0. The van der Waals surface area contributed by atoms with Gasteiger partial charge < -0.3 is 28.4 Å². The van der Waals surface area contributed by atoms with Crippen molar-refractivity contribution in [3.63, 3.8) is 0 Å². The summed E-state index contributed by atoms with van der Waals surface area (Å²) in [5.74, 6) is -1.00. The lowest BCUT2D eigenvalue weighted by molar-refractivity contribution is -0.318. The van der Waals surface area contributed by atoms with Gasteiger partial charge in [0.05, 0.1) is 19.8 Å². The van der Waals surface area contributed by atoms with Gasteiger partial charge in [-0.25, -0.2) is 0 Å².